The SMILES string of the molecule is Cc1noc(CNS(=O)(=O)c2cc(N)ccc2Cl)n1. The molecule has 0 fully saturated rings. The van der Waals surface area contributed by atoms with Gasteiger partial charge in [-0.2, -0.15) is 4.98 Å². The first-order valence-electron chi connectivity index (χ1n) is 5.22. The largest absolute Gasteiger partial charge is 0.399 e. The van der Waals surface area contributed by atoms with Gasteiger partial charge in [-0.25, -0.2) is 13.1 Å². The van der Waals surface area contributed by atoms with Crippen LogP contribution < -0.4 is 10.5 Å². The lowest BCUT2D eigenvalue weighted by Gasteiger charge is -2.07. The Morgan fingerprint density at radius 1 is 1.47 bits per heavy atom. The van der Waals surface area contributed by atoms with Crippen molar-refractivity contribution in [2.75, 3.05) is 5.73 Å². The van der Waals surface area contributed by atoms with Crippen LogP contribution in [0.5, 0.6) is 0 Å². The molecule has 0 saturated carbocycles. The summed E-state index contributed by atoms with van der Waals surface area (Å²) < 4.78 is 31.2. The van der Waals surface area contributed by atoms with Crippen LogP contribution in [-0.4, -0.2) is 18.6 Å². The fourth-order valence-electron chi connectivity index (χ4n) is 1.37. The van der Waals surface area contributed by atoms with E-state index in [4.69, 9.17) is 21.9 Å². The van der Waals surface area contributed by atoms with E-state index in [-0.39, 0.29) is 22.4 Å². The molecule has 1 aromatic carbocycles. The van der Waals surface area contributed by atoms with Crippen LogP contribution in [-0.2, 0) is 16.6 Å². The maximum atomic E-state index is 12.0. The van der Waals surface area contributed by atoms with Gasteiger partial charge in [0.25, 0.3) is 0 Å². The van der Waals surface area contributed by atoms with Crippen LogP contribution in [0.1, 0.15) is 11.7 Å². The number of benzene rings is 1. The highest BCUT2D eigenvalue weighted by molar-refractivity contribution is 7.89. The molecular formula is C10H11ClN4O3S. The van der Waals surface area contributed by atoms with Crippen LogP contribution in [0.15, 0.2) is 27.6 Å². The summed E-state index contributed by atoms with van der Waals surface area (Å²) in [4.78, 5) is 3.79. The van der Waals surface area contributed by atoms with Crippen molar-refractivity contribution in [3.05, 3.63) is 34.9 Å². The zero-order valence-corrected chi connectivity index (χ0v) is 11.5. The van der Waals surface area contributed by atoms with Gasteiger partial charge in [0.2, 0.25) is 15.9 Å². The summed E-state index contributed by atoms with van der Waals surface area (Å²) in [6.45, 7) is 1.52. The number of sulfonamides is 1. The number of nitrogen functional groups attached to an aromatic ring is 1. The van der Waals surface area contributed by atoms with Crippen molar-refractivity contribution in [1.82, 2.24) is 14.9 Å². The minimum Gasteiger partial charge on any atom is -0.399 e. The monoisotopic (exact) mass is 302 g/mol. The number of rotatable bonds is 4. The molecule has 2 aromatic rings. The summed E-state index contributed by atoms with van der Waals surface area (Å²) in [6.07, 6.45) is 0. The maximum absolute atomic E-state index is 12.0. The highest BCUT2D eigenvalue weighted by Crippen LogP contribution is 2.23. The lowest BCUT2D eigenvalue weighted by molar-refractivity contribution is 0.372. The molecule has 0 aliphatic heterocycles. The van der Waals surface area contributed by atoms with Gasteiger partial charge in [0.15, 0.2) is 5.82 Å². The van der Waals surface area contributed by atoms with E-state index < -0.39 is 10.0 Å². The predicted octanol–water partition coefficient (Wildman–Crippen LogP) is 1.09. The first kappa shape index (κ1) is 13.8. The van der Waals surface area contributed by atoms with E-state index in [0.29, 0.717) is 11.5 Å². The fourth-order valence-corrected chi connectivity index (χ4v) is 2.88. The first-order valence-corrected chi connectivity index (χ1v) is 7.08. The van der Waals surface area contributed by atoms with Crippen molar-refractivity contribution in [3.63, 3.8) is 0 Å². The Morgan fingerprint density at radius 3 is 2.84 bits per heavy atom. The third kappa shape index (κ3) is 3.22. The number of hydrogen-bond acceptors (Lipinski definition) is 6. The van der Waals surface area contributed by atoms with E-state index in [1.165, 1.54) is 18.2 Å². The van der Waals surface area contributed by atoms with Crippen molar-refractivity contribution in [3.8, 4) is 0 Å². The molecule has 102 valence electrons. The van der Waals surface area contributed by atoms with Crippen molar-refractivity contribution >= 4 is 27.3 Å². The van der Waals surface area contributed by atoms with E-state index in [1.807, 2.05) is 0 Å². The summed E-state index contributed by atoms with van der Waals surface area (Å²) in [7, 11) is -3.79. The zero-order chi connectivity index (χ0) is 14.0. The summed E-state index contributed by atoms with van der Waals surface area (Å²) in [5.41, 5.74) is 5.85. The van der Waals surface area contributed by atoms with Crippen LogP contribution in [0.25, 0.3) is 0 Å². The molecule has 0 unspecified atom stereocenters. The summed E-state index contributed by atoms with van der Waals surface area (Å²) in [5.74, 6) is 0.595. The van der Waals surface area contributed by atoms with Crippen LogP contribution in [0.4, 0.5) is 5.69 Å². The number of halogens is 1. The zero-order valence-electron chi connectivity index (χ0n) is 9.92. The van der Waals surface area contributed by atoms with Crippen LogP contribution in [0.3, 0.4) is 0 Å². The van der Waals surface area contributed by atoms with Gasteiger partial charge in [-0.05, 0) is 25.1 Å². The maximum Gasteiger partial charge on any atom is 0.242 e. The van der Waals surface area contributed by atoms with E-state index in [1.54, 1.807) is 6.92 Å². The Kier molecular flexibility index (Phi) is 3.74. The summed E-state index contributed by atoms with van der Waals surface area (Å²) >= 11 is 5.84. The van der Waals surface area contributed by atoms with E-state index in [9.17, 15) is 8.42 Å². The molecule has 0 bridgehead atoms. The first-order chi connectivity index (χ1) is 8.88. The Labute approximate surface area is 114 Å². The average Bonchev–Trinajstić information content (AvgIpc) is 2.76. The quantitative estimate of drug-likeness (QED) is 0.818. The number of aromatic nitrogens is 2. The molecule has 0 spiro atoms. The van der Waals surface area contributed by atoms with Gasteiger partial charge in [0.05, 0.1) is 11.6 Å². The highest BCUT2D eigenvalue weighted by Gasteiger charge is 2.19. The molecule has 0 saturated heterocycles. The van der Waals surface area contributed by atoms with Crippen LogP contribution >= 0.6 is 11.6 Å². The van der Waals surface area contributed by atoms with Crippen LogP contribution in [0.2, 0.25) is 5.02 Å². The lowest BCUT2D eigenvalue weighted by Crippen LogP contribution is -2.23. The van der Waals surface area contributed by atoms with Gasteiger partial charge < -0.3 is 10.3 Å². The molecule has 1 heterocycles. The summed E-state index contributed by atoms with van der Waals surface area (Å²) in [6, 6.07) is 4.22. The van der Waals surface area contributed by atoms with Gasteiger partial charge in [0, 0.05) is 5.69 Å². The second-order valence-corrected chi connectivity index (χ2v) is 5.89. The highest BCUT2D eigenvalue weighted by atomic mass is 35.5. The van der Waals surface area contributed by atoms with Gasteiger partial charge in [-0.3, -0.25) is 0 Å². The second kappa shape index (κ2) is 5.16. The van der Waals surface area contributed by atoms with Crippen molar-refractivity contribution < 1.29 is 12.9 Å². The minimum atomic E-state index is -3.79. The van der Waals surface area contributed by atoms with Gasteiger partial charge in [0.1, 0.15) is 4.90 Å². The molecule has 9 heteroatoms. The van der Waals surface area contributed by atoms with Crippen molar-refractivity contribution in [2.24, 2.45) is 0 Å². The fraction of sp³-hybridized carbons (Fsp3) is 0.200. The Bertz CT molecular complexity index is 699. The molecule has 0 aliphatic carbocycles. The standard InChI is InChI=1S/C10H11ClN4O3S/c1-6-14-10(18-15-6)5-13-19(16,17)9-4-7(12)2-3-8(9)11/h2-4,13H,5,12H2,1H3. The predicted molar refractivity (Wildman–Crippen MR) is 68.9 cm³/mol. The Morgan fingerprint density at radius 2 is 2.21 bits per heavy atom. The molecule has 0 aliphatic rings. The smallest absolute Gasteiger partial charge is 0.242 e. The normalized spacial score (nSPS) is 11.7. The molecule has 0 amide bonds. The van der Waals surface area contributed by atoms with Crippen LogP contribution in [0, 0.1) is 6.92 Å². The number of hydrogen-bond donors (Lipinski definition) is 2. The topological polar surface area (TPSA) is 111 Å². The van der Waals surface area contributed by atoms with Crippen molar-refractivity contribution in [1.29, 1.82) is 0 Å². The molecule has 1 aromatic heterocycles. The third-order valence-electron chi connectivity index (χ3n) is 2.23. The number of nitrogens with two attached hydrogens (primary N) is 1. The lowest BCUT2D eigenvalue weighted by atomic mass is 10.3. The second-order valence-electron chi connectivity index (χ2n) is 3.75. The molecule has 0 atom stereocenters. The molecule has 3 N–H and O–H groups in total. The third-order valence-corrected chi connectivity index (χ3v) is 4.11. The minimum absolute atomic E-state index is 0.0865. The number of aryl methyl sites for hydroxylation is 1. The van der Waals surface area contributed by atoms with E-state index >= 15 is 0 Å². The average molecular weight is 303 g/mol. The Balaban J connectivity index is 2.20. The van der Waals surface area contributed by atoms with Gasteiger partial charge >= 0.3 is 0 Å². The molecule has 19 heavy (non-hydrogen) atoms. The van der Waals surface area contributed by atoms with Gasteiger partial charge in [-0.15, -0.1) is 0 Å². The number of nitrogens with one attached hydrogen (secondary N) is 1. The van der Waals surface area contributed by atoms with Crippen molar-refractivity contribution in [2.45, 2.75) is 18.4 Å². The summed E-state index contributed by atoms with van der Waals surface area (Å²) in [5, 5.41) is 3.64. The molecule has 2 rings (SSSR count). The molecule has 0 radical (unpaired) electrons. The van der Waals surface area contributed by atoms with Gasteiger partial charge in [-0.1, -0.05) is 16.8 Å². The number of anilines is 1. The van der Waals surface area contributed by atoms with E-state index in [0.717, 1.165) is 0 Å². The molecular weight excluding hydrogens is 292 g/mol. The van der Waals surface area contributed by atoms with E-state index in [2.05, 4.69) is 14.9 Å². The molecule has 7 nitrogen and oxygen atoms in total. The Hall–Kier alpha value is -1.64. The number of nitrogens with zero attached hydrogens (tertiary/aromatic N) is 2.